The van der Waals surface area contributed by atoms with Crippen LogP contribution < -0.4 is 16.4 Å². The second-order valence-corrected chi connectivity index (χ2v) is 8.48. The van der Waals surface area contributed by atoms with Gasteiger partial charge in [-0.05, 0) is 38.5 Å². The third kappa shape index (κ3) is 8.08. The molecule has 0 saturated carbocycles. The summed E-state index contributed by atoms with van der Waals surface area (Å²) >= 11 is 0. The van der Waals surface area contributed by atoms with Crippen LogP contribution in [0.5, 0.6) is 0 Å². The molecule has 32 heavy (non-hydrogen) atoms. The lowest BCUT2D eigenvalue weighted by molar-refractivity contribution is -0.145. The number of nitrogens with one attached hydrogen (secondary N) is 2. The molecule has 1 aliphatic rings. The molecule has 0 aromatic rings. The Hall–Kier alpha value is -2.73. The first kappa shape index (κ1) is 27.3. The second-order valence-electron chi connectivity index (χ2n) is 8.48. The van der Waals surface area contributed by atoms with Gasteiger partial charge in [0.05, 0.1) is 12.1 Å². The standard InChI is InChI=1S/C20H34N4O8/c1-10(2)9-13(17(28)23-16(11(3)25)20(31)32)22-18(29)14-5-4-8-24(14)19(30)12(21)6-7-15(26)27/h10-14,16,25H,4-9,21H2,1-3H3,(H,22,29)(H,23,28)(H,26,27)(H,31,32)/t11-,12+,13+,14+,16+/m1/s1. The van der Waals surface area contributed by atoms with Crippen molar-refractivity contribution in [3.05, 3.63) is 0 Å². The van der Waals surface area contributed by atoms with E-state index in [1.807, 2.05) is 13.8 Å². The Balaban J connectivity index is 2.89. The molecule has 5 atom stereocenters. The number of nitrogens with two attached hydrogens (primary N) is 1. The molecular weight excluding hydrogens is 424 g/mol. The summed E-state index contributed by atoms with van der Waals surface area (Å²) in [6.45, 7) is 5.15. The van der Waals surface area contributed by atoms with Gasteiger partial charge in [0.1, 0.15) is 12.1 Å². The van der Waals surface area contributed by atoms with Gasteiger partial charge in [-0.2, -0.15) is 0 Å². The summed E-state index contributed by atoms with van der Waals surface area (Å²) in [5, 5.41) is 32.4. The van der Waals surface area contributed by atoms with Gasteiger partial charge in [0.2, 0.25) is 17.7 Å². The van der Waals surface area contributed by atoms with Crippen LogP contribution in [0.25, 0.3) is 0 Å². The van der Waals surface area contributed by atoms with Crippen LogP contribution in [0.2, 0.25) is 0 Å². The summed E-state index contributed by atoms with van der Waals surface area (Å²) in [5.74, 6) is -4.38. The van der Waals surface area contributed by atoms with E-state index in [0.29, 0.717) is 12.8 Å². The van der Waals surface area contributed by atoms with Crippen molar-refractivity contribution in [1.29, 1.82) is 0 Å². The fourth-order valence-corrected chi connectivity index (χ4v) is 3.53. The van der Waals surface area contributed by atoms with Gasteiger partial charge < -0.3 is 36.6 Å². The van der Waals surface area contributed by atoms with Crippen LogP contribution >= 0.6 is 0 Å². The Morgan fingerprint density at radius 2 is 1.72 bits per heavy atom. The number of hydrogen-bond donors (Lipinski definition) is 6. The molecular formula is C20H34N4O8. The van der Waals surface area contributed by atoms with Crippen LogP contribution in [0.3, 0.4) is 0 Å². The number of aliphatic hydroxyl groups is 1. The van der Waals surface area contributed by atoms with Gasteiger partial charge in [-0.3, -0.25) is 19.2 Å². The zero-order valence-electron chi connectivity index (χ0n) is 18.6. The van der Waals surface area contributed by atoms with E-state index in [0.717, 1.165) is 0 Å². The number of aliphatic carboxylic acids is 2. The molecule has 12 nitrogen and oxygen atoms in total. The number of carboxylic acid groups (broad SMARTS) is 2. The fourth-order valence-electron chi connectivity index (χ4n) is 3.53. The van der Waals surface area contributed by atoms with Crippen molar-refractivity contribution in [3.8, 4) is 0 Å². The molecule has 12 heteroatoms. The van der Waals surface area contributed by atoms with Gasteiger partial charge in [-0.1, -0.05) is 13.8 Å². The fraction of sp³-hybridized carbons (Fsp3) is 0.750. The number of carbonyl (C=O) groups is 5. The van der Waals surface area contributed by atoms with Crippen LogP contribution in [0.4, 0.5) is 0 Å². The van der Waals surface area contributed by atoms with Gasteiger partial charge in [0.15, 0.2) is 6.04 Å². The molecule has 1 rings (SSSR count). The molecule has 1 saturated heterocycles. The van der Waals surface area contributed by atoms with Crippen LogP contribution in [0.1, 0.15) is 52.9 Å². The van der Waals surface area contributed by atoms with E-state index in [9.17, 15) is 34.2 Å². The summed E-state index contributed by atoms with van der Waals surface area (Å²) in [4.78, 5) is 61.5. The molecule has 0 unspecified atom stereocenters. The summed E-state index contributed by atoms with van der Waals surface area (Å²) in [7, 11) is 0. The van der Waals surface area contributed by atoms with Gasteiger partial charge in [0, 0.05) is 13.0 Å². The minimum absolute atomic E-state index is 0.0216. The number of likely N-dealkylation sites (tertiary alicyclic amines) is 1. The third-order valence-corrected chi connectivity index (χ3v) is 5.21. The molecule has 3 amide bonds. The SMILES string of the molecule is CC(C)C[C@H](NC(=O)[C@@H]1CCCN1C(=O)[C@@H](N)CCC(=O)O)C(=O)N[C@H](C(=O)O)[C@@H](C)O. The molecule has 7 N–H and O–H groups in total. The number of carboxylic acids is 2. The lowest BCUT2D eigenvalue weighted by atomic mass is 10.0. The van der Waals surface area contributed by atoms with E-state index in [1.54, 1.807) is 0 Å². The number of rotatable bonds is 12. The van der Waals surface area contributed by atoms with E-state index in [2.05, 4.69) is 10.6 Å². The van der Waals surface area contributed by atoms with Gasteiger partial charge in [0.25, 0.3) is 0 Å². The molecule has 0 bridgehead atoms. The number of nitrogens with zero attached hydrogens (tertiary/aromatic N) is 1. The maximum absolute atomic E-state index is 12.9. The highest BCUT2D eigenvalue weighted by Gasteiger charge is 2.38. The Bertz CT molecular complexity index is 712. The van der Waals surface area contributed by atoms with E-state index in [4.69, 9.17) is 10.8 Å². The zero-order chi connectivity index (χ0) is 24.6. The minimum atomic E-state index is -1.54. The van der Waals surface area contributed by atoms with Crippen LogP contribution in [-0.4, -0.2) is 86.7 Å². The first-order valence-electron chi connectivity index (χ1n) is 10.6. The highest BCUT2D eigenvalue weighted by molar-refractivity contribution is 5.94. The predicted molar refractivity (Wildman–Crippen MR) is 112 cm³/mol. The van der Waals surface area contributed by atoms with E-state index >= 15 is 0 Å². The van der Waals surface area contributed by atoms with Gasteiger partial charge >= 0.3 is 11.9 Å². The third-order valence-electron chi connectivity index (χ3n) is 5.21. The maximum atomic E-state index is 12.9. The van der Waals surface area contributed by atoms with Crippen molar-refractivity contribution < 1.29 is 39.3 Å². The van der Waals surface area contributed by atoms with Crippen LogP contribution in [0.15, 0.2) is 0 Å². The van der Waals surface area contributed by atoms with Crippen molar-refractivity contribution in [1.82, 2.24) is 15.5 Å². The first-order valence-corrected chi connectivity index (χ1v) is 10.6. The normalized spacial score (nSPS) is 19.7. The lowest BCUT2D eigenvalue weighted by Gasteiger charge is -2.29. The van der Waals surface area contributed by atoms with E-state index in [-0.39, 0.29) is 31.7 Å². The second kappa shape index (κ2) is 12.3. The monoisotopic (exact) mass is 458 g/mol. The molecule has 1 heterocycles. The number of hydrogen-bond acceptors (Lipinski definition) is 7. The maximum Gasteiger partial charge on any atom is 0.328 e. The highest BCUT2D eigenvalue weighted by atomic mass is 16.4. The summed E-state index contributed by atoms with van der Waals surface area (Å²) < 4.78 is 0. The molecule has 1 aliphatic heterocycles. The molecule has 182 valence electrons. The number of amides is 3. The average molecular weight is 459 g/mol. The summed E-state index contributed by atoms with van der Waals surface area (Å²) in [6.07, 6.45) is -0.579. The minimum Gasteiger partial charge on any atom is -0.481 e. The number of aliphatic hydroxyl groups excluding tert-OH is 1. The van der Waals surface area contributed by atoms with Crippen molar-refractivity contribution >= 4 is 29.7 Å². The Labute approximate surface area is 186 Å². The summed E-state index contributed by atoms with van der Waals surface area (Å²) in [6, 6.07) is -4.53. The highest BCUT2D eigenvalue weighted by Crippen LogP contribution is 2.20. The first-order chi connectivity index (χ1) is 14.8. The van der Waals surface area contributed by atoms with E-state index < -0.39 is 59.9 Å². The quantitative estimate of drug-likeness (QED) is 0.204. The Morgan fingerprint density at radius 3 is 2.22 bits per heavy atom. The Morgan fingerprint density at radius 1 is 1.09 bits per heavy atom. The molecule has 0 aromatic carbocycles. The molecule has 0 aliphatic carbocycles. The van der Waals surface area contributed by atoms with Gasteiger partial charge in [-0.25, -0.2) is 4.79 Å². The average Bonchev–Trinajstić information content (AvgIpc) is 3.17. The number of carbonyl (C=O) groups excluding carboxylic acids is 3. The smallest absolute Gasteiger partial charge is 0.328 e. The van der Waals surface area contributed by atoms with Crippen LogP contribution in [-0.2, 0) is 24.0 Å². The Kier molecular flexibility index (Phi) is 10.5. The van der Waals surface area contributed by atoms with E-state index in [1.165, 1.54) is 11.8 Å². The van der Waals surface area contributed by atoms with Crippen molar-refractivity contribution in [2.75, 3.05) is 6.54 Å². The largest absolute Gasteiger partial charge is 0.481 e. The van der Waals surface area contributed by atoms with Crippen molar-refractivity contribution in [3.63, 3.8) is 0 Å². The molecule has 0 radical (unpaired) electrons. The zero-order valence-corrected chi connectivity index (χ0v) is 18.6. The molecule has 0 spiro atoms. The summed E-state index contributed by atoms with van der Waals surface area (Å²) in [5.41, 5.74) is 5.80. The topological polar surface area (TPSA) is 199 Å². The lowest BCUT2D eigenvalue weighted by Crippen LogP contribution is -2.58. The van der Waals surface area contributed by atoms with Gasteiger partial charge in [-0.15, -0.1) is 0 Å². The predicted octanol–water partition coefficient (Wildman–Crippen LogP) is -1.35. The van der Waals surface area contributed by atoms with Crippen molar-refractivity contribution in [2.45, 2.75) is 83.1 Å². The molecule has 1 fully saturated rings. The van der Waals surface area contributed by atoms with Crippen LogP contribution in [0, 0.1) is 5.92 Å². The van der Waals surface area contributed by atoms with Crippen molar-refractivity contribution in [2.24, 2.45) is 11.7 Å². The molecule has 0 aromatic heterocycles.